The molecule has 0 spiro atoms. The number of ether oxygens (including phenoxy) is 2. The summed E-state index contributed by atoms with van der Waals surface area (Å²) < 4.78 is 11.0. The van der Waals surface area contributed by atoms with Crippen LogP contribution >= 0.6 is 0 Å². The third-order valence-electron chi connectivity index (χ3n) is 4.86. The van der Waals surface area contributed by atoms with Crippen LogP contribution in [0.3, 0.4) is 0 Å². The number of aliphatic hydroxyl groups is 3. The maximum atomic E-state index is 12.4. The standard InChI is InChI=1S/C20H26O7/c1-11-4-5-15(23)12(2)9-17-18(13(3)19(24)26-17)16(8-11)27-20(25)14(10-22)6-7-21/h4,6,9,15-18,21-23H,3,5,7-8,10H2,1-2H3/b11-4+,12-9+,14-6+/t15-,16+,17-,18-/m1/s1. The van der Waals surface area contributed by atoms with Crippen molar-refractivity contribution in [1.29, 1.82) is 0 Å². The zero-order chi connectivity index (χ0) is 20.1. The number of aliphatic hydroxyl groups excluding tert-OH is 3. The minimum atomic E-state index is -0.770. The molecular formula is C20H26O7. The molecule has 0 saturated carbocycles. The molecule has 0 bridgehead atoms. The Morgan fingerprint density at radius 1 is 1.41 bits per heavy atom. The van der Waals surface area contributed by atoms with E-state index >= 15 is 0 Å². The van der Waals surface area contributed by atoms with E-state index in [9.17, 15) is 19.8 Å². The summed E-state index contributed by atoms with van der Waals surface area (Å²) in [6.45, 7) is 6.41. The summed E-state index contributed by atoms with van der Waals surface area (Å²) in [5.41, 5.74) is 1.66. The van der Waals surface area contributed by atoms with Crippen molar-refractivity contribution in [2.24, 2.45) is 5.92 Å². The highest BCUT2D eigenvalue weighted by molar-refractivity contribution is 5.92. The first-order chi connectivity index (χ1) is 12.8. The van der Waals surface area contributed by atoms with Crippen LogP contribution in [0.2, 0.25) is 0 Å². The summed E-state index contributed by atoms with van der Waals surface area (Å²) in [6.07, 6.45) is 3.27. The van der Waals surface area contributed by atoms with Crippen molar-refractivity contribution < 1.29 is 34.4 Å². The molecule has 27 heavy (non-hydrogen) atoms. The van der Waals surface area contributed by atoms with E-state index in [-0.39, 0.29) is 11.1 Å². The Balaban J connectivity index is 2.40. The highest BCUT2D eigenvalue weighted by Gasteiger charge is 2.44. The molecule has 0 radical (unpaired) electrons. The summed E-state index contributed by atoms with van der Waals surface area (Å²) in [5.74, 6) is -1.95. The van der Waals surface area contributed by atoms with Crippen LogP contribution in [0.25, 0.3) is 0 Å². The Morgan fingerprint density at radius 3 is 2.74 bits per heavy atom. The van der Waals surface area contributed by atoms with Gasteiger partial charge in [-0.3, -0.25) is 0 Å². The van der Waals surface area contributed by atoms with Gasteiger partial charge in [0.1, 0.15) is 12.2 Å². The average Bonchev–Trinajstić information content (AvgIpc) is 2.89. The Hall–Kier alpha value is -2.22. The second-order valence-electron chi connectivity index (χ2n) is 6.85. The Kier molecular flexibility index (Phi) is 7.12. The van der Waals surface area contributed by atoms with Crippen LogP contribution in [0, 0.1) is 5.92 Å². The minimum absolute atomic E-state index is 0.0641. The van der Waals surface area contributed by atoms with Crippen molar-refractivity contribution in [3.8, 4) is 0 Å². The van der Waals surface area contributed by atoms with E-state index in [1.807, 2.05) is 13.0 Å². The molecule has 2 rings (SSSR count). The van der Waals surface area contributed by atoms with Crippen LogP contribution in [0.5, 0.6) is 0 Å². The molecule has 0 aromatic carbocycles. The smallest absolute Gasteiger partial charge is 0.336 e. The molecule has 0 unspecified atom stereocenters. The predicted molar refractivity (Wildman–Crippen MR) is 97.4 cm³/mol. The number of carbonyl (C=O) groups excluding carboxylic acids is 2. The zero-order valence-electron chi connectivity index (χ0n) is 15.6. The van der Waals surface area contributed by atoms with Crippen LogP contribution in [-0.4, -0.2) is 58.8 Å². The van der Waals surface area contributed by atoms with Crippen LogP contribution in [-0.2, 0) is 19.1 Å². The maximum Gasteiger partial charge on any atom is 0.336 e. The summed E-state index contributed by atoms with van der Waals surface area (Å²) in [6, 6.07) is 0. The number of carbonyl (C=O) groups is 2. The Labute approximate surface area is 158 Å². The van der Waals surface area contributed by atoms with Gasteiger partial charge in [-0.2, -0.15) is 0 Å². The maximum absolute atomic E-state index is 12.4. The van der Waals surface area contributed by atoms with Gasteiger partial charge < -0.3 is 24.8 Å². The molecule has 4 atom stereocenters. The van der Waals surface area contributed by atoms with Crippen LogP contribution < -0.4 is 0 Å². The molecular weight excluding hydrogens is 352 g/mol. The molecule has 0 aromatic heterocycles. The number of fused-ring (bicyclic) bond motifs is 1. The molecule has 0 amide bonds. The minimum Gasteiger partial charge on any atom is -0.458 e. The Bertz CT molecular complexity index is 701. The fraction of sp³-hybridized carbons (Fsp3) is 0.500. The molecule has 2 aliphatic rings. The predicted octanol–water partition coefficient (Wildman–Crippen LogP) is 0.954. The summed E-state index contributed by atoms with van der Waals surface area (Å²) in [7, 11) is 0. The zero-order valence-corrected chi connectivity index (χ0v) is 15.6. The van der Waals surface area contributed by atoms with Crippen LogP contribution in [0.1, 0.15) is 26.7 Å². The van der Waals surface area contributed by atoms with E-state index in [4.69, 9.17) is 14.6 Å². The topological polar surface area (TPSA) is 113 Å². The van der Waals surface area contributed by atoms with E-state index < -0.39 is 49.4 Å². The monoisotopic (exact) mass is 378 g/mol. The van der Waals surface area contributed by atoms with Gasteiger partial charge in [-0.1, -0.05) is 18.2 Å². The molecule has 7 nitrogen and oxygen atoms in total. The van der Waals surface area contributed by atoms with Crippen molar-refractivity contribution >= 4 is 11.9 Å². The van der Waals surface area contributed by atoms with Gasteiger partial charge in [-0.25, -0.2) is 9.59 Å². The van der Waals surface area contributed by atoms with Gasteiger partial charge in [0.2, 0.25) is 0 Å². The van der Waals surface area contributed by atoms with E-state index in [0.29, 0.717) is 18.4 Å². The Morgan fingerprint density at radius 2 is 2.11 bits per heavy atom. The number of hydrogen-bond donors (Lipinski definition) is 3. The molecule has 1 fully saturated rings. The van der Waals surface area contributed by atoms with Crippen LogP contribution in [0.4, 0.5) is 0 Å². The second kappa shape index (κ2) is 9.12. The SMILES string of the molecule is C=C1C(=O)O[C@@H]2/C=C(\C)[C@H](O)C/C=C(\C)C[C@H](OC(=O)/C(=C/CO)CO)[C@@H]12. The molecule has 3 N–H and O–H groups in total. The van der Waals surface area contributed by atoms with E-state index in [2.05, 4.69) is 6.58 Å². The van der Waals surface area contributed by atoms with E-state index in [1.165, 1.54) is 6.08 Å². The number of esters is 2. The lowest BCUT2D eigenvalue weighted by atomic mass is 9.85. The molecule has 148 valence electrons. The van der Waals surface area contributed by atoms with Crippen molar-refractivity contribution in [2.45, 2.75) is 45.0 Å². The van der Waals surface area contributed by atoms with Gasteiger partial charge in [-0.05, 0) is 38.0 Å². The quantitative estimate of drug-likeness (QED) is 0.379. The lowest BCUT2D eigenvalue weighted by molar-refractivity contribution is -0.147. The summed E-state index contributed by atoms with van der Waals surface area (Å²) >= 11 is 0. The van der Waals surface area contributed by atoms with Gasteiger partial charge in [0.05, 0.1) is 30.8 Å². The van der Waals surface area contributed by atoms with Gasteiger partial charge in [0, 0.05) is 12.0 Å². The fourth-order valence-corrected chi connectivity index (χ4v) is 3.23. The van der Waals surface area contributed by atoms with Gasteiger partial charge >= 0.3 is 11.9 Å². The first kappa shape index (κ1) is 21.1. The van der Waals surface area contributed by atoms with Crippen molar-refractivity contribution in [3.63, 3.8) is 0 Å². The van der Waals surface area contributed by atoms with Crippen molar-refractivity contribution in [2.75, 3.05) is 13.2 Å². The molecule has 0 aromatic rings. The highest BCUT2D eigenvalue weighted by Crippen LogP contribution is 2.36. The molecule has 1 heterocycles. The van der Waals surface area contributed by atoms with Gasteiger partial charge in [0.15, 0.2) is 0 Å². The van der Waals surface area contributed by atoms with E-state index in [0.717, 1.165) is 5.57 Å². The van der Waals surface area contributed by atoms with Crippen molar-refractivity contribution in [3.05, 3.63) is 47.1 Å². The second-order valence-corrected chi connectivity index (χ2v) is 6.85. The van der Waals surface area contributed by atoms with Crippen LogP contribution in [0.15, 0.2) is 47.1 Å². The van der Waals surface area contributed by atoms with Gasteiger partial charge in [0.25, 0.3) is 0 Å². The molecule has 1 aliphatic heterocycles. The highest BCUT2D eigenvalue weighted by atomic mass is 16.6. The summed E-state index contributed by atoms with van der Waals surface area (Å²) in [4.78, 5) is 24.5. The first-order valence-electron chi connectivity index (χ1n) is 8.82. The average molecular weight is 378 g/mol. The fourth-order valence-electron chi connectivity index (χ4n) is 3.23. The van der Waals surface area contributed by atoms with Gasteiger partial charge in [-0.15, -0.1) is 0 Å². The molecule has 7 heteroatoms. The third kappa shape index (κ3) is 4.94. The summed E-state index contributed by atoms with van der Waals surface area (Å²) in [5, 5.41) is 28.5. The number of rotatable bonds is 4. The normalized spacial score (nSPS) is 33.3. The van der Waals surface area contributed by atoms with Crippen molar-refractivity contribution in [1.82, 2.24) is 0 Å². The molecule has 1 aliphatic carbocycles. The van der Waals surface area contributed by atoms with E-state index in [1.54, 1.807) is 13.0 Å². The largest absolute Gasteiger partial charge is 0.458 e. The first-order valence-corrected chi connectivity index (χ1v) is 8.82. The lowest BCUT2D eigenvalue weighted by Gasteiger charge is -2.28. The number of hydrogen-bond acceptors (Lipinski definition) is 7. The third-order valence-corrected chi connectivity index (χ3v) is 4.86. The lowest BCUT2D eigenvalue weighted by Crippen LogP contribution is -2.34. The molecule has 1 saturated heterocycles.